The summed E-state index contributed by atoms with van der Waals surface area (Å²) < 4.78 is 31.2. The van der Waals surface area contributed by atoms with Crippen LogP contribution < -0.4 is 0 Å². The summed E-state index contributed by atoms with van der Waals surface area (Å²) in [6.07, 6.45) is 1.93. The highest BCUT2D eigenvalue weighted by Gasteiger charge is 2.25. The zero-order chi connectivity index (χ0) is 16.2. The van der Waals surface area contributed by atoms with Crippen molar-refractivity contribution >= 4 is 27.7 Å². The van der Waals surface area contributed by atoms with Crippen LogP contribution in [0.1, 0.15) is 0 Å². The van der Waals surface area contributed by atoms with Crippen molar-refractivity contribution in [1.82, 2.24) is 9.21 Å². The molecule has 0 saturated carbocycles. The van der Waals surface area contributed by atoms with Crippen LogP contribution in [0.25, 0.3) is 0 Å². The molecule has 0 bridgehead atoms. The van der Waals surface area contributed by atoms with Crippen molar-refractivity contribution in [1.29, 1.82) is 0 Å². The van der Waals surface area contributed by atoms with Crippen molar-refractivity contribution in [2.24, 2.45) is 0 Å². The van der Waals surface area contributed by atoms with E-state index in [9.17, 15) is 13.2 Å². The van der Waals surface area contributed by atoms with E-state index >= 15 is 0 Å². The number of nitrogens with zero attached hydrogens (tertiary/aromatic N) is 2. The van der Waals surface area contributed by atoms with Crippen LogP contribution in [0.4, 0.5) is 0 Å². The minimum Gasteiger partial charge on any atom is -0.378 e. The van der Waals surface area contributed by atoms with Gasteiger partial charge in [0.25, 0.3) is 0 Å². The van der Waals surface area contributed by atoms with Crippen molar-refractivity contribution in [2.45, 2.75) is 9.79 Å². The Morgan fingerprint density at radius 2 is 1.86 bits per heavy atom. The van der Waals surface area contributed by atoms with Gasteiger partial charge in [-0.15, -0.1) is 11.8 Å². The lowest BCUT2D eigenvalue weighted by molar-refractivity contribution is -0.135. The molecule has 8 heteroatoms. The van der Waals surface area contributed by atoms with Crippen LogP contribution in [0.15, 0.2) is 34.1 Å². The van der Waals surface area contributed by atoms with Crippen molar-refractivity contribution in [3.63, 3.8) is 0 Å². The number of likely N-dealkylation sites (N-methyl/N-ethyl adjacent to an activating group) is 1. The Bertz CT molecular complexity index is 610. The minimum atomic E-state index is -3.65. The summed E-state index contributed by atoms with van der Waals surface area (Å²) in [5.74, 6) is -0.199. The molecule has 1 aromatic carbocycles. The van der Waals surface area contributed by atoms with Crippen LogP contribution in [-0.2, 0) is 19.6 Å². The van der Waals surface area contributed by atoms with E-state index < -0.39 is 10.0 Å². The number of benzene rings is 1. The van der Waals surface area contributed by atoms with Gasteiger partial charge < -0.3 is 9.64 Å². The van der Waals surface area contributed by atoms with Crippen molar-refractivity contribution in [3.8, 4) is 0 Å². The zero-order valence-corrected chi connectivity index (χ0v) is 14.3. The summed E-state index contributed by atoms with van der Waals surface area (Å²) in [5.41, 5.74) is 0. The number of hydrogen-bond acceptors (Lipinski definition) is 5. The molecule has 0 aliphatic carbocycles. The maximum Gasteiger partial charge on any atom is 0.243 e. The number of thioether (sulfide) groups is 1. The van der Waals surface area contributed by atoms with Crippen LogP contribution >= 0.6 is 11.8 Å². The molecule has 22 heavy (non-hydrogen) atoms. The van der Waals surface area contributed by atoms with E-state index in [1.165, 1.54) is 7.05 Å². The molecule has 1 aliphatic heterocycles. The predicted molar refractivity (Wildman–Crippen MR) is 85.4 cm³/mol. The SMILES string of the molecule is CSc1ccc(S(=O)(=O)N(C)CC(=O)N2CCOCC2)cc1. The average molecular weight is 344 g/mol. The predicted octanol–water partition coefficient (Wildman–Crippen LogP) is 0.888. The van der Waals surface area contributed by atoms with Gasteiger partial charge in [-0.2, -0.15) is 4.31 Å². The maximum atomic E-state index is 12.5. The normalized spacial score (nSPS) is 16.0. The van der Waals surface area contributed by atoms with E-state index in [4.69, 9.17) is 4.74 Å². The van der Waals surface area contributed by atoms with Gasteiger partial charge in [-0.05, 0) is 30.5 Å². The standard InChI is InChI=1S/C14H20N2O4S2/c1-15(11-14(17)16-7-9-20-10-8-16)22(18,19)13-5-3-12(21-2)4-6-13/h3-6H,7-11H2,1-2H3. The van der Waals surface area contributed by atoms with Gasteiger partial charge in [0, 0.05) is 25.0 Å². The van der Waals surface area contributed by atoms with Gasteiger partial charge in [-0.25, -0.2) is 8.42 Å². The molecule has 0 unspecified atom stereocenters. The van der Waals surface area contributed by atoms with E-state index in [0.29, 0.717) is 26.3 Å². The van der Waals surface area contributed by atoms with Gasteiger partial charge in [-0.1, -0.05) is 0 Å². The van der Waals surface area contributed by atoms with Crippen LogP contribution in [0.5, 0.6) is 0 Å². The number of carbonyl (C=O) groups excluding carboxylic acids is 1. The van der Waals surface area contributed by atoms with E-state index in [-0.39, 0.29) is 17.3 Å². The molecule has 1 aromatic rings. The lowest BCUT2D eigenvalue weighted by Gasteiger charge is -2.28. The van der Waals surface area contributed by atoms with Crippen molar-refractivity contribution < 1.29 is 17.9 Å². The molecule has 6 nitrogen and oxygen atoms in total. The second kappa shape index (κ2) is 7.45. The minimum absolute atomic E-state index is 0.160. The number of morpholine rings is 1. The van der Waals surface area contributed by atoms with E-state index in [1.807, 2.05) is 6.26 Å². The molecule has 1 heterocycles. The van der Waals surface area contributed by atoms with Crippen molar-refractivity contribution in [3.05, 3.63) is 24.3 Å². The van der Waals surface area contributed by atoms with E-state index in [1.54, 1.807) is 40.9 Å². The Morgan fingerprint density at radius 3 is 2.41 bits per heavy atom. The zero-order valence-electron chi connectivity index (χ0n) is 12.7. The molecule has 0 spiro atoms. The van der Waals surface area contributed by atoms with Crippen LogP contribution in [-0.4, -0.2) is 69.7 Å². The van der Waals surface area contributed by atoms with Crippen LogP contribution in [0.2, 0.25) is 0 Å². The molecule has 0 N–H and O–H groups in total. The average Bonchev–Trinajstić information content (AvgIpc) is 2.55. The molecule has 0 radical (unpaired) electrons. The van der Waals surface area contributed by atoms with Gasteiger partial charge in [0.15, 0.2) is 0 Å². The molecule has 1 aliphatic rings. The first-order chi connectivity index (χ1) is 10.4. The molecular formula is C14H20N2O4S2. The van der Waals surface area contributed by atoms with E-state index in [0.717, 1.165) is 9.20 Å². The molecule has 1 amide bonds. The topological polar surface area (TPSA) is 66.9 Å². The largest absolute Gasteiger partial charge is 0.378 e. The highest BCUT2D eigenvalue weighted by molar-refractivity contribution is 7.98. The summed E-state index contributed by atoms with van der Waals surface area (Å²) in [7, 11) is -2.23. The molecule has 1 saturated heterocycles. The number of ether oxygens (including phenoxy) is 1. The van der Waals surface area contributed by atoms with Crippen LogP contribution in [0.3, 0.4) is 0 Å². The monoisotopic (exact) mass is 344 g/mol. The second-order valence-corrected chi connectivity index (χ2v) is 7.85. The van der Waals surface area contributed by atoms with Gasteiger partial charge in [0.05, 0.1) is 24.7 Å². The highest BCUT2D eigenvalue weighted by Crippen LogP contribution is 2.20. The number of sulfonamides is 1. The fraction of sp³-hybridized carbons (Fsp3) is 0.500. The molecule has 2 rings (SSSR count). The first-order valence-corrected chi connectivity index (χ1v) is 9.57. The molecule has 0 atom stereocenters. The lowest BCUT2D eigenvalue weighted by Crippen LogP contribution is -2.46. The third-order valence-electron chi connectivity index (χ3n) is 3.49. The Labute approximate surface area is 135 Å². The Balaban J connectivity index is 2.05. The van der Waals surface area contributed by atoms with Crippen LogP contribution in [0, 0.1) is 0 Å². The number of amides is 1. The van der Waals surface area contributed by atoms with Crippen molar-refractivity contribution in [2.75, 3.05) is 46.2 Å². The third kappa shape index (κ3) is 4.01. The summed E-state index contributed by atoms with van der Waals surface area (Å²) in [5, 5.41) is 0. The summed E-state index contributed by atoms with van der Waals surface area (Å²) >= 11 is 1.54. The third-order valence-corrected chi connectivity index (χ3v) is 6.05. The number of carbonyl (C=O) groups is 1. The van der Waals surface area contributed by atoms with Gasteiger partial charge >= 0.3 is 0 Å². The van der Waals surface area contributed by atoms with E-state index in [2.05, 4.69) is 0 Å². The number of rotatable bonds is 5. The van der Waals surface area contributed by atoms with Gasteiger partial charge in [-0.3, -0.25) is 4.79 Å². The highest BCUT2D eigenvalue weighted by atomic mass is 32.2. The first kappa shape index (κ1) is 17.3. The smallest absolute Gasteiger partial charge is 0.243 e. The molecule has 122 valence electrons. The maximum absolute atomic E-state index is 12.5. The fourth-order valence-electron chi connectivity index (χ4n) is 2.12. The van der Waals surface area contributed by atoms with Gasteiger partial charge in [0.2, 0.25) is 15.9 Å². The van der Waals surface area contributed by atoms with Gasteiger partial charge in [0.1, 0.15) is 0 Å². The molecule has 1 fully saturated rings. The lowest BCUT2D eigenvalue weighted by atomic mass is 10.4. The first-order valence-electron chi connectivity index (χ1n) is 6.91. The summed E-state index contributed by atoms with van der Waals surface area (Å²) in [6, 6.07) is 6.65. The Kier molecular flexibility index (Phi) is 5.85. The number of hydrogen-bond donors (Lipinski definition) is 0. The molecule has 0 aromatic heterocycles. The quantitative estimate of drug-likeness (QED) is 0.742. The Morgan fingerprint density at radius 1 is 1.27 bits per heavy atom. The Hall–Kier alpha value is -1.09. The molecular weight excluding hydrogens is 324 g/mol. The summed E-state index contributed by atoms with van der Waals surface area (Å²) in [4.78, 5) is 15.0. The summed E-state index contributed by atoms with van der Waals surface area (Å²) in [6.45, 7) is 1.85. The fourth-order valence-corrected chi connectivity index (χ4v) is 3.64. The second-order valence-electron chi connectivity index (χ2n) is 4.93.